The van der Waals surface area contributed by atoms with Crippen molar-refractivity contribution >= 4 is 0 Å². The Hall–Kier alpha value is -0.940. The predicted octanol–water partition coefficient (Wildman–Crippen LogP) is 0.772. The standard InChI is InChI=1S/C15H21NO3/c17-12-9-16-8-4-7-13(14(16)15(12)18)19-10-11-5-2-1-3-6-11/h1-3,5-6,12-15,17-18H,4,7-10H2/t12-,13+,14+,15+/m0/s1. The normalized spacial score (nSPS) is 35.3. The van der Waals surface area contributed by atoms with E-state index in [-0.39, 0.29) is 12.1 Å². The van der Waals surface area contributed by atoms with E-state index in [9.17, 15) is 10.2 Å². The van der Waals surface area contributed by atoms with E-state index < -0.39 is 12.2 Å². The van der Waals surface area contributed by atoms with Gasteiger partial charge in [-0.05, 0) is 24.9 Å². The second-order valence-corrected chi connectivity index (χ2v) is 5.52. The summed E-state index contributed by atoms with van der Waals surface area (Å²) in [6, 6.07) is 10.0. The smallest absolute Gasteiger partial charge is 0.0991 e. The average molecular weight is 263 g/mol. The molecule has 2 fully saturated rings. The summed E-state index contributed by atoms with van der Waals surface area (Å²) in [5.41, 5.74) is 1.15. The second kappa shape index (κ2) is 5.59. The van der Waals surface area contributed by atoms with Gasteiger partial charge in [0.1, 0.15) is 0 Å². The topological polar surface area (TPSA) is 52.9 Å². The molecule has 0 aromatic heterocycles. The second-order valence-electron chi connectivity index (χ2n) is 5.52. The van der Waals surface area contributed by atoms with E-state index in [1.54, 1.807) is 0 Å². The molecule has 2 heterocycles. The first kappa shape index (κ1) is 13.1. The molecule has 2 saturated heterocycles. The van der Waals surface area contributed by atoms with Crippen LogP contribution in [-0.4, -0.2) is 52.6 Å². The summed E-state index contributed by atoms with van der Waals surface area (Å²) in [5.74, 6) is 0. The molecule has 0 aliphatic carbocycles. The van der Waals surface area contributed by atoms with E-state index in [2.05, 4.69) is 4.90 Å². The fourth-order valence-electron chi connectivity index (χ4n) is 3.23. The van der Waals surface area contributed by atoms with Gasteiger partial charge in [0.2, 0.25) is 0 Å². The summed E-state index contributed by atoms with van der Waals surface area (Å²) in [6.07, 6.45) is 0.723. The molecule has 0 bridgehead atoms. The van der Waals surface area contributed by atoms with Crippen molar-refractivity contribution in [2.24, 2.45) is 0 Å². The summed E-state index contributed by atoms with van der Waals surface area (Å²) in [7, 11) is 0. The molecule has 2 aliphatic heterocycles. The molecule has 2 aliphatic rings. The third-order valence-electron chi connectivity index (χ3n) is 4.21. The Morgan fingerprint density at radius 1 is 1.21 bits per heavy atom. The molecule has 19 heavy (non-hydrogen) atoms. The van der Waals surface area contributed by atoms with Crippen molar-refractivity contribution in [1.29, 1.82) is 0 Å². The number of aliphatic hydroxyl groups excluding tert-OH is 2. The van der Waals surface area contributed by atoms with Gasteiger partial charge in [-0.1, -0.05) is 30.3 Å². The monoisotopic (exact) mass is 263 g/mol. The quantitative estimate of drug-likeness (QED) is 0.846. The highest BCUT2D eigenvalue weighted by molar-refractivity contribution is 5.13. The number of nitrogens with zero attached hydrogens (tertiary/aromatic N) is 1. The lowest BCUT2D eigenvalue weighted by Gasteiger charge is -2.37. The van der Waals surface area contributed by atoms with Gasteiger partial charge in [0.25, 0.3) is 0 Å². The highest BCUT2D eigenvalue weighted by Gasteiger charge is 2.46. The molecule has 0 unspecified atom stereocenters. The van der Waals surface area contributed by atoms with Crippen LogP contribution in [0.2, 0.25) is 0 Å². The molecule has 1 aromatic rings. The Kier molecular flexibility index (Phi) is 3.84. The molecule has 4 atom stereocenters. The predicted molar refractivity (Wildman–Crippen MR) is 71.6 cm³/mol. The highest BCUT2D eigenvalue weighted by atomic mass is 16.5. The van der Waals surface area contributed by atoms with Gasteiger partial charge in [-0.2, -0.15) is 0 Å². The summed E-state index contributed by atoms with van der Waals surface area (Å²) in [5, 5.41) is 19.9. The molecule has 0 spiro atoms. The molecule has 3 rings (SSSR count). The largest absolute Gasteiger partial charge is 0.389 e. The Labute approximate surface area is 113 Å². The average Bonchev–Trinajstić information content (AvgIpc) is 2.74. The first-order valence-corrected chi connectivity index (χ1v) is 7.01. The number of hydrogen-bond acceptors (Lipinski definition) is 4. The molecule has 0 amide bonds. The fraction of sp³-hybridized carbons (Fsp3) is 0.600. The van der Waals surface area contributed by atoms with E-state index in [1.807, 2.05) is 30.3 Å². The molecule has 4 heteroatoms. The van der Waals surface area contributed by atoms with Crippen LogP contribution in [0.15, 0.2) is 30.3 Å². The Morgan fingerprint density at radius 2 is 2.00 bits per heavy atom. The van der Waals surface area contributed by atoms with E-state index in [4.69, 9.17) is 4.74 Å². The molecule has 1 aromatic carbocycles. The van der Waals surface area contributed by atoms with Gasteiger partial charge in [0.05, 0.1) is 31.0 Å². The van der Waals surface area contributed by atoms with Gasteiger partial charge in [-0.15, -0.1) is 0 Å². The number of hydrogen-bond donors (Lipinski definition) is 2. The van der Waals surface area contributed by atoms with Crippen molar-refractivity contribution < 1.29 is 14.9 Å². The number of rotatable bonds is 3. The lowest BCUT2D eigenvalue weighted by Crippen LogP contribution is -2.50. The summed E-state index contributed by atoms with van der Waals surface area (Å²) < 4.78 is 5.99. The van der Waals surface area contributed by atoms with Gasteiger partial charge in [0.15, 0.2) is 0 Å². The summed E-state index contributed by atoms with van der Waals surface area (Å²) >= 11 is 0. The van der Waals surface area contributed by atoms with Crippen LogP contribution in [0.25, 0.3) is 0 Å². The molecule has 0 saturated carbocycles. The van der Waals surface area contributed by atoms with Crippen molar-refractivity contribution in [3.63, 3.8) is 0 Å². The van der Waals surface area contributed by atoms with Crippen molar-refractivity contribution in [3.05, 3.63) is 35.9 Å². The number of ether oxygens (including phenoxy) is 1. The van der Waals surface area contributed by atoms with Crippen LogP contribution < -0.4 is 0 Å². The van der Waals surface area contributed by atoms with Crippen LogP contribution >= 0.6 is 0 Å². The third-order valence-corrected chi connectivity index (χ3v) is 4.21. The third kappa shape index (κ3) is 2.67. The van der Waals surface area contributed by atoms with Gasteiger partial charge >= 0.3 is 0 Å². The van der Waals surface area contributed by atoms with Crippen LogP contribution in [0.3, 0.4) is 0 Å². The first-order chi connectivity index (χ1) is 9.25. The van der Waals surface area contributed by atoms with Crippen molar-refractivity contribution in [2.75, 3.05) is 13.1 Å². The minimum atomic E-state index is -0.680. The molecule has 104 valence electrons. The van der Waals surface area contributed by atoms with Crippen LogP contribution in [0.5, 0.6) is 0 Å². The zero-order chi connectivity index (χ0) is 13.2. The highest BCUT2D eigenvalue weighted by Crippen LogP contribution is 2.30. The number of aliphatic hydroxyl groups is 2. The molecule has 2 N–H and O–H groups in total. The van der Waals surface area contributed by atoms with E-state index in [1.165, 1.54) is 0 Å². The van der Waals surface area contributed by atoms with Crippen molar-refractivity contribution in [3.8, 4) is 0 Å². The van der Waals surface area contributed by atoms with E-state index in [0.717, 1.165) is 24.9 Å². The maximum Gasteiger partial charge on any atom is 0.0991 e. The first-order valence-electron chi connectivity index (χ1n) is 7.01. The van der Waals surface area contributed by atoms with E-state index >= 15 is 0 Å². The maximum absolute atomic E-state index is 10.1. The SMILES string of the molecule is O[C@H]1[C@H]2[C@H](OCc3ccccc3)CCCN2C[C@@H]1O. The number of benzene rings is 1. The van der Waals surface area contributed by atoms with Gasteiger partial charge in [-0.3, -0.25) is 4.90 Å². The zero-order valence-electron chi connectivity index (χ0n) is 11.0. The molecule has 0 radical (unpaired) electrons. The summed E-state index contributed by atoms with van der Waals surface area (Å²) in [6.45, 7) is 2.08. The Balaban J connectivity index is 1.64. The zero-order valence-corrected chi connectivity index (χ0v) is 11.0. The lowest BCUT2D eigenvalue weighted by molar-refractivity contribution is -0.0717. The maximum atomic E-state index is 10.1. The summed E-state index contributed by atoms with van der Waals surface area (Å²) in [4.78, 5) is 2.16. The van der Waals surface area contributed by atoms with Crippen LogP contribution in [0.4, 0.5) is 0 Å². The number of piperidine rings is 1. The van der Waals surface area contributed by atoms with E-state index in [0.29, 0.717) is 13.2 Å². The molecule has 4 nitrogen and oxygen atoms in total. The lowest BCUT2D eigenvalue weighted by atomic mass is 9.96. The minimum Gasteiger partial charge on any atom is -0.389 e. The van der Waals surface area contributed by atoms with Crippen LogP contribution in [-0.2, 0) is 11.3 Å². The Morgan fingerprint density at radius 3 is 2.79 bits per heavy atom. The Bertz CT molecular complexity index is 411. The van der Waals surface area contributed by atoms with Crippen LogP contribution in [0.1, 0.15) is 18.4 Å². The van der Waals surface area contributed by atoms with Gasteiger partial charge in [0, 0.05) is 6.54 Å². The molecular weight excluding hydrogens is 242 g/mol. The van der Waals surface area contributed by atoms with Gasteiger partial charge in [-0.25, -0.2) is 0 Å². The van der Waals surface area contributed by atoms with Crippen molar-refractivity contribution in [1.82, 2.24) is 4.90 Å². The minimum absolute atomic E-state index is 0.0149. The van der Waals surface area contributed by atoms with Crippen molar-refractivity contribution in [2.45, 2.75) is 43.8 Å². The fourth-order valence-corrected chi connectivity index (χ4v) is 3.23. The van der Waals surface area contributed by atoms with Crippen LogP contribution in [0, 0.1) is 0 Å². The van der Waals surface area contributed by atoms with Gasteiger partial charge < -0.3 is 14.9 Å². The number of fused-ring (bicyclic) bond motifs is 1. The molecular formula is C15H21NO3.